The second kappa shape index (κ2) is 7.59. The highest BCUT2D eigenvalue weighted by atomic mass is 15.2. The smallest absolute Gasteiger partial charge is 0.250 e. The van der Waals surface area contributed by atoms with Gasteiger partial charge in [-0.2, -0.15) is 5.26 Å². The van der Waals surface area contributed by atoms with Gasteiger partial charge in [0.1, 0.15) is 11.9 Å². The predicted molar refractivity (Wildman–Crippen MR) is 96.4 cm³/mol. The summed E-state index contributed by atoms with van der Waals surface area (Å²) >= 11 is 0. The third-order valence-electron chi connectivity index (χ3n) is 3.95. The molecule has 3 N–H and O–H groups in total. The fraction of sp³-hybridized carbons (Fsp3) is 0.294. The third kappa shape index (κ3) is 3.67. The van der Waals surface area contributed by atoms with Gasteiger partial charge in [-0.25, -0.2) is 19.9 Å². The van der Waals surface area contributed by atoms with Gasteiger partial charge < -0.3 is 16.0 Å². The largest absolute Gasteiger partial charge is 0.356 e. The van der Waals surface area contributed by atoms with Gasteiger partial charge in [-0.3, -0.25) is 0 Å². The van der Waals surface area contributed by atoms with Gasteiger partial charge >= 0.3 is 0 Å². The van der Waals surface area contributed by atoms with E-state index < -0.39 is 0 Å². The van der Waals surface area contributed by atoms with Crippen molar-refractivity contribution in [1.82, 2.24) is 15.0 Å². The lowest BCUT2D eigenvalue weighted by atomic mass is 10.1. The highest BCUT2D eigenvalue weighted by Crippen LogP contribution is 2.26. The highest BCUT2D eigenvalue weighted by Gasteiger charge is 2.18. The Hall–Kier alpha value is -3.18. The van der Waals surface area contributed by atoms with Crippen LogP contribution in [0, 0.1) is 16.7 Å². The monoisotopic (exact) mass is 334 g/mol. The molecule has 0 radical (unpaired) electrons. The number of nitrogens with zero attached hydrogens (tertiary/aromatic N) is 6. The fourth-order valence-electron chi connectivity index (χ4n) is 2.69. The van der Waals surface area contributed by atoms with Gasteiger partial charge in [-0.05, 0) is 25.0 Å². The maximum absolute atomic E-state index is 9.48. The van der Waals surface area contributed by atoms with E-state index in [-0.39, 0.29) is 12.5 Å². The summed E-state index contributed by atoms with van der Waals surface area (Å²) in [5.41, 5.74) is 7.77. The van der Waals surface area contributed by atoms with Crippen LogP contribution in [0.2, 0.25) is 0 Å². The summed E-state index contributed by atoms with van der Waals surface area (Å²) in [5.74, 6) is 0.953. The van der Waals surface area contributed by atoms with Gasteiger partial charge in [-0.1, -0.05) is 0 Å². The SMILES string of the molecule is N#Cc1cc(-c2ccnc(N=C(C=N)CN)n2)cnc1N1CCCC1. The van der Waals surface area contributed by atoms with Crippen molar-refractivity contribution >= 4 is 23.7 Å². The number of rotatable bonds is 5. The molecule has 0 amide bonds. The molecule has 0 spiro atoms. The number of aliphatic imine (C=N–C) groups is 1. The minimum Gasteiger partial charge on any atom is -0.356 e. The summed E-state index contributed by atoms with van der Waals surface area (Å²) in [6.07, 6.45) is 6.62. The number of nitrogens with one attached hydrogen (secondary N) is 1. The first-order chi connectivity index (χ1) is 12.2. The van der Waals surface area contributed by atoms with Crippen molar-refractivity contribution in [2.75, 3.05) is 24.5 Å². The Morgan fingerprint density at radius 1 is 1.40 bits per heavy atom. The summed E-state index contributed by atoms with van der Waals surface area (Å²) in [7, 11) is 0. The van der Waals surface area contributed by atoms with Gasteiger partial charge in [0.2, 0.25) is 5.95 Å². The van der Waals surface area contributed by atoms with E-state index in [2.05, 4.69) is 30.9 Å². The van der Waals surface area contributed by atoms with Crippen LogP contribution in [0.5, 0.6) is 0 Å². The standard InChI is InChI=1S/C17H18N8/c18-8-12-7-13(11-22-16(12)25-5-1-2-6-25)15-3-4-21-17(24-15)23-14(9-19)10-20/h3-4,7,9,11,19H,1-2,5-6,10,20H2. The Labute approximate surface area is 145 Å². The van der Waals surface area contributed by atoms with Crippen LogP contribution < -0.4 is 10.6 Å². The van der Waals surface area contributed by atoms with Crippen LogP contribution in [-0.4, -0.2) is 46.5 Å². The summed E-state index contributed by atoms with van der Waals surface area (Å²) in [6.45, 7) is 2.00. The summed E-state index contributed by atoms with van der Waals surface area (Å²) < 4.78 is 0. The molecule has 0 aliphatic carbocycles. The number of hydrogen-bond acceptors (Lipinski definition) is 8. The Bertz CT molecular complexity index is 846. The number of nitrogens with two attached hydrogens (primary N) is 1. The molecule has 1 aliphatic heterocycles. The van der Waals surface area contributed by atoms with Crippen LogP contribution >= 0.6 is 0 Å². The van der Waals surface area contributed by atoms with E-state index >= 15 is 0 Å². The van der Waals surface area contributed by atoms with Crippen molar-refractivity contribution in [3.05, 3.63) is 30.1 Å². The van der Waals surface area contributed by atoms with Gasteiger partial charge in [0.05, 0.1) is 17.0 Å². The van der Waals surface area contributed by atoms with Crippen molar-refractivity contribution in [3.63, 3.8) is 0 Å². The van der Waals surface area contributed by atoms with E-state index in [9.17, 15) is 5.26 Å². The molecule has 3 rings (SSSR count). The maximum Gasteiger partial charge on any atom is 0.250 e. The molecule has 8 heteroatoms. The molecule has 0 bridgehead atoms. The van der Waals surface area contributed by atoms with Crippen molar-refractivity contribution in [2.24, 2.45) is 10.7 Å². The lowest BCUT2D eigenvalue weighted by molar-refractivity contribution is 0.934. The molecule has 2 aromatic rings. The number of aromatic nitrogens is 3. The number of hydrogen-bond donors (Lipinski definition) is 2. The zero-order valence-corrected chi connectivity index (χ0v) is 13.7. The first kappa shape index (κ1) is 16.7. The molecular formula is C17H18N8. The van der Waals surface area contributed by atoms with Crippen molar-refractivity contribution in [1.29, 1.82) is 10.7 Å². The van der Waals surface area contributed by atoms with Gasteiger partial charge in [-0.15, -0.1) is 0 Å². The molecule has 126 valence electrons. The molecule has 1 aliphatic rings. The summed E-state index contributed by atoms with van der Waals surface area (Å²) in [5, 5.41) is 16.7. The molecular weight excluding hydrogens is 316 g/mol. The van der Waals surface area contributed by atoms with Crippen LogP contribution in [0.1, 0.15) is 18.4 Å². The summed E-state index contributed by atoms with van der Waals surface area (Å²) in [6, 6.07) is 5.75. The normalized spacial score (nSPS) is 14.4. The minimum absolute atomic E-state index is 0.141. The van der Waals surface area contributed by atoms with Crippen LogP contribution in [-0.2, 0) is 0 Å². The van der Waals surface area contributed by atoms with E-state index in [1.54, 1.807) is 24.5 Å². The quantitative estimate of drug-likeness (QED) is 0.801. The van der Waals surface area contributed by atoms with Crippen molar-refractivity contribution in [2.45, 2.75) is 12.8 Å². The average molecular weight is 334 g/mol. The Balaban J connectivity index is 1.95. The molecule has 1 saturated heterocycles. The topological polar surface area (TPSA) is 128 Å². The van der Waals surface area contributed by atoms with Crippen molar-refractivity contribution < 1.29 is 0 Å². The zero-order chi connectivity index (χ0) is 17.6. The lowest BCUT2D eigenvalue weighted by Gasteiger charge is -2.17. The molecule has 0 saturated carbocycles. The molecule has 3 heterocycles. The second-order valence-electron chi connectivity index (χ2n) is 5.59. The van der Waals surface area contributed by atoms with Crippen LogP contribution in [0.4, 0.5) is 11.8 Å². The molecule has 1 fully saturated rings. The maximum atomic E-state index is 9.48. The van der Waals surface area contributed by atoms with E-state index in [4.69, 9.17) is 11.1 Å². The first-order valence-corrected chi connectivity index (χ1v) is 8.01. The number of anilines is 1. The first-order valence-electron chi connectivity index (χ1n) is 8.01. The van der Waals surface area contributed by atoms with E-state index in [1.165, 1.54) is 0 Å². The van der Waals surface area contributed by atoms with E-state index in [0.29, 0.717) is 17.0 Å². The molecule has 0 aromatic carbocycles. The van der Waals surface area contributed by atoms with Crippen molar-refractivity contribution in [3.8, 4) is 17.3 Å². The van der Waals surface area contributed by atoms with Crippen LogP contribution in [0.3, 0.4) is 0 Å². The fourth-order valence-corrected chi connectivity index (χ4v) is 2.69. The number of nitriles is 1. The van der Waals surface area contributed by atoms with Crippen LogP contribution in [0.25, 0.3) is 11.3 Å². The number of pyridine rings is 1. The van der Waals surface area contributed by atoms with Gasteiger partial charge in [0, 0.05) is 43.8 Å². The van der Waals surface area contributed by atoms with E-state index in [0.717, 1.165) is 43.5 Å². The van der Waals surface area contributed by atoms with Gasteiger partial charge in [0.15, 0.2) is 0 Å². The lowest BCUT2D eigenvalue weighted by Crippen LogP contribution is -2.20. The molecule has 0 unspecified atom stereocenters. The molecule has 2 aromatic heterocycles. The molecule has 8 nitrogen and oxygen atoms in total. The van der Waals surface area contributed by atoms with E-state index in [1.807, 2.05) is 0 Å². The van der Waals surface area contributed by atoms with Crippen LogP contribution in [0.15, 0.2) is 29.5 Å². The Morgan fingerprint density at radius 2 is 2.20 bits per heavy atom. The zero-order valence-electron chi connectivity index (χ0n) is 13.7. The highest BCUT2D eigenvalue weighted by molar-refractivity contribution is 6.30. The predicted octanol–water partition coefficient (Wildman–Crippen LogP) is 1.69. The Kier molecular flexibility index (Phi) is 5.06. The Morgan fingerprint density at radius 3 is 2.88 bits per heavy atom. The minimum atomic E-state index is 0.141. The molecule has 0 atom stereocenters. The average Bonchev–Trinajstić information content (AvgIpc) is 3.20. The second-order valence-corrected chi connectivity index (χ2v) is 5.59. The summed E-state index contributed by atoms with van der Waals surface area (Å²) in [4.78, 5) is 19.2. The third-order valence-corrected chi connectivity index (χ3v) is 3.95. The molecule has 25 heavy (non-hydrogen) atoms. The van der Waals surface area contributed by atoms with Gasteiger partial charge in [0.25, 0.3) is 0 Å².